The van der Waals surface area contributed by atoms with Gasteiger partial charge in [-0.15, -0.1) is 0 Å². The zero-order chi connectivity index (χ0) is 16.1. The molecular weight excluding hydrogens is 284 g/mol. The second kappa shape index (κ2) is 6.75. The van der Waals surface area contributed by atoms with Crippen LogP contribution in [0.4, 0.5) is 10.5 Å². The highest BCUT2D eigenvalue weighted by Crippen LogP contribution is 2.15. The van der Waals surface area contributed by atoms with E-state index in [9.17, 15) is 9.59 Å². The maximum Gasteiger partial charge on any atom is 0.339 e. The number of rotatable bonds is 4. The van der Waals surface area contributed by atoms with Crippen molar-refractivity contribution in [3.8, 4) is 0 Å². The number of benzene rings is 1. The second-order valence-corrected chi connectivity index (χ2v) is 4.75. The number of nitrogens with one attached hydrogen (secondary N) is 2. The molecule has 2 amide bonds. The smallest absolute Gasteiger partial charge is 0.339 e. The van der Waals surface area contributed by atoms with Crippen molar-refractivity contribution in [2.24, 2.45) is 7.05 Å². The number of carbonyl (C=O) groups is 2. The number of hydrogen-bond acceptors (Lipinski definition) is 4. The van der Waals surface area contributed by atoms with E-state index in [2.05, 4.69) is 20.5 Å². The summed E-state index contributed by atoms with van der Waals surface area (Å²) in [6.45, 7) is 2.23. The summed E-state index contributed by atoms with van der Waals surface area (Å²) in [4.78, 5) is 23.6. The summed E-state index contributed by atoms with van der Waals surface area (Å²) in [6, 6.07) is 8.12. The van der Waals surface area contributed by atoms with Crippen molar-refractivity contribution in [1.82, 2.24) is 15.1 Å². The van der Waals surface area contributed by atoms with E-state index in [1.165, 1.54) is 7.11 Å². The number of hydrogen-bond donors (Lipinski definition) is 2. The second-order valence-electron chi connectivity index (χ2n) is 4.75. The normalized spacial score (nSPS) is 10.1. The third-order valence-electron chi connectivity index (χ3n) is 3.18. The van der Waals surface area contributed by atoms with Crippen molar-refractivity contribution < 1.29 is 14.3 Å². The summed E-state index contributed by atoms with van der Waals surface area (Å²) >= 11 is 0. The lowest BCUT2D eigenvalue weighted by molar-refractivity contribution is 0.0602. The third-order valence-corrected chi connectivity index (χ3v) is 3.18. The number of urea groups is 1. The standard InChI is InChI=1S/C15H18N4O3/c1-10-8-11(18-19(10)2)9-16-15(21)17-13-7-5-4-6-12(13)14(20)22-3/h4-8H,9H2,1-3H3,(H2,16,17,21). The molecule has 0 unspecified atom stereocenters. The summed E-state index contributed by atoms with van der Waals surface area (Å²) < 4.78 is 6.42. The Morgan fingerprint density at radius 1 is 1.32 bits per heavy atom. The van der Waals surface area contributed by atoms with Gasteiger partial charge in [0.2, 0.25) is 0 Å². The van der Waals surface area contributed by atoms with E-state index in [1.807, 2.05) is 20.0 Å². The van der Waals surface area contributed by atoms with Gasteiger partial charge in [-0.3, -0.25) is 4.68 Å². The topological polar surface area (TPSA) is 85.2 Å². The van der Waals surface area contributed by atoms with Crippen LogP contribution in [-0.4, -0.2) is 28.9 Å². The maximum atomic E-state index is 11.9. The maximum absolute atomic E-state index is 11.9. The van der Waals surface area contributed by atoms with Gasteiger partial charge in [0.15, 0.2) is 0 Å². The molecule has 0 aliphatic rings. The Bertz CT molecular complexity index is 674. The van der Waals surface area contributed by atoms with Crippen molar-refractivity contribution >= 4 is 17.7 Å². The van der Waals surface area contributed by atoms with Crippen LogP contribution in [0.2, 0.25) is 0 Å². The minimum Gasteiger partial charge on any atom is -0.465 e. The first-order valence-electron chi connectivity index (χ1n) is 6.73. The predicted molar refractivity (Wildman–Crippen MR) is 81.6 cm³/mol. The molecule has 1 heterocycles. The quantitative estimate of drug-likeness (QED) is 0.844. The lowest BCUT2D eigenvalue weighted by Crippen LogP contribution is -2.29. The van der Waals surface area contributed by atoms with Gasteiger partial charge < -0.3 is 15.4 Å². The Hall–Kier alpha value is -2.83. The lowest BCUT2D eigenvalue weighted by atomic mass is 10.2. The molecule has 0 spiro atoms. The van der Waals surface area contributed by atoms with Gasteiger partial charge in [-0.2, -0.15) is 5.10 Å². The number of amides is 2. The Balaban J connectivity index is 1.99. The predicted octanol–water partition coefficient (Wildman–Crippen LogP) is 1.84. The molecule has 22 heavy (non-hydrogen) atoms. The SMILES string of the molecule is COC(=O)c1ccccc1NC(=O)NCc1cc(C)n(C)n1. The Labute approximate surface area is 128 Å². The summed E-state index contributed by atoms with van der Waals surface area (Å²) in [6.07, 6.45) is 0. The van der Waals surface area contributed by atoms with Crippen LogP contribution in [-0.2, 0) is 18.3 Å². The molecule has 2 rings (SSSR count). The summed E-state index contributed by atoms with van der Waals surface area (Å²) in [5.41, 5.74) is 2.46. The molecule has 2 N–H and O–H groups in total. The average molecular weight is 302 g/mol. The highest BCUT2D eigenvalue weighted by molar-refractivity contribution is 6.00. The summed E-state index contributed by atoms with van der Waals surface area (Å²) in [5, 5.41) is 9.57. The van der Waals surface area contributed by atoms with Gasteiger partial charge in [0.1, 0.15) is 0 Å². The average Bonchev–Trinajstić information content (AvgIpc) is 2.83. The molecule has 0 aliphatic heterocycles. The number of para-hydroxylation sites is 1. The van der Waals surface area contributed by atoms with E-state index < -0.39 is 12.0 Å². The Kier molecular flexibility index (Phi) is 4.77. The summed E-state index contributed by atoms with van der Waals surface area (Å²) in [5.74, 6) is -0.503. The molecule has 7 heteroatoms. The number of methoxy groups -OCH3 is 1. The molecule has 116 valence electrons. The van der Waals surface area contributed by atoms with Gasteiger partial charge in [-0.05, 0) is 25.1 Å². The van der Waals surface area contributed by atoms with Crippen LogP contribution in [0, 0.1) is 6.92 Å². The number of nitrogens with zero attached hydrogens (tertiary/aromatic N) is 2. The Morgan fingerprint density at radius 3 is 2.68 bits per heavy atom. The highest BCUT2D eigenvalue weighted by Gasteiger charge is 2.13. The molecule has 1 aromatic carbocycles. The van der Waals surface area contributed by atoms with Gasteiger partial charge in [-0.1, -0.05) is 12.1 Å². The molecule has 1 aromatic heterocycles. The van der Waals surface area contributed by atoms with E-state index >= 15 is 0 Å². The fourth-order valence-electron chi connectivity index (χ4n) is 1.94. The fraction of sp³-hybridized carbons (Fsp3) is 0.267. The van der Waals surface area contributed by atoms with Crippen LogP contribution in [0.5, 0.6) is 0 Å². The van der Waals surface area contributed by atoms with Gasteiger partial charge in [0.25, 0.3) is 0 Å². The molecular formula is C15H18N4O3. The van der Waals surface area contributed by atoms with Crippen LogP contribution in [0.1, 0.15) is 21.7 Å². The number of anilines is 1. The van der Waals surface area contributed by atoms with Gasteiger partial charge in [0.05, 0.1) is 30.6 Å². The summed E-state index contributed by atoms with van der Waals surface area (Å²) in [7, 11) is 3.13. The van der Waals surface area contributed by atoms with E-state index in [0.29, 0.717) is 17.8 Å². The van der Waals surface area contributed by atoms with Gasteiger partial charge in [0, 0.05) is 12.7 Å². The van der Waals surface area contributed by atoms with Crippen LogP contribution in [0.3, 0.4) is 0 Å². The zero-order valence-electron chi connectivity index (χ0n) is 12.7. The zero-order valence-corrected chi connectivity index (χ0v) is 12.7. The molecule has 0 radical (unpaired) electrons. The minimum atomic E-state index is -0.503. The van der Waals surface area contributed by atoms with Gasteiger partial charge in [-0.25, -0.2) is 9.59 Å². The molecule has 2 aromatic rings. The van der Waals surface area contributed by atoms with Crippen molar-refractivity contribution in [3.05, 3.63) is 47.3 Å². The van der Waals surface area contributed by atoms with Crippen molar-refractivity contribution in [2.75, 3.05) is 12.4 Å². The number of aryl methyl sites for hydroxylation is 2. The first-order valence-corrected chi connectivity index (χ1v) is 6.73. The van der Waals surface area contributed by atoms with Crippen LogP contribution < -0.4 is 10.6 Å². The van der Waals surface area contributed by atoms with Crippen LogP contribution in [0.15, 0.2) is 30.3 Å². The largest absolute Gasteiger partial charge is 0.465 e. The van der Waals surface area contributed by atoms with E-state index in [1.54, 1.807) is 28.9 Å². The Morgan fingerprint density at radius 2 is 2.05 bits per heavy atom. The number of aromatic nitrogens is 2. The van der Waals surface area contributed by atoms with Crippen molar-refractivity contribution in [3.63, 3.8) is 0 Å². The van der Waals surface area contributed by atoms with Crippen molar-refractivity contribution in [1.29, 1.82) is 0 Å². The number of carbonyl (C=O) groups excluding carboxylic acids is 2. The molecule has 0 fully saturated rings. The first kappa shape index (κ1) is 15.6. The number of esters is 1. The van der Waals surface area contributed by atoms with Crippen LogP contribution >= 0.6 is 0 Å². The van der Waals surface area contributed by atoms with Gasteiger partial charge >= 0.3 is 12.0 Å². The monoisotopic (exact) mass is 302 g/mol. The molecule has 7 nitrogen and oxygen atoms in total. The lowest BCUT2D eigenvalue weighted by Gasteiger charge is -2.10. The van der Waals surface area contributed by atoms with Crippen molar-refractivity contribution in [2.45, 2.75) is 13.5 Å². The molecule has 0 aliphatic carbocycles. The van der Waals surface area contributed by atoms with E-state index in [-0.39, 0.29) is 0 Å². The van der Waals surface area contributed by atoms with E-state index in [0.717, 1.165) is 11.4 Å². The molecule has 0 saturated heterocycles. The molecule has 0 bridgehead atoms. The highest BCUT2D eigenvalue weighted by atomic mass is 16.5. The minimum absolute atomic E-state index is 0.300. The molecule has 0 atom stereocenters. The third kappa shape index (κ3) is 3.63. The fourth-order valence-corrected chi connectivity index (χ4v) is 1.94. The van der Waals surface area contributed by atoms with Crippen LogP contribution in [0.25, 0.3) is 0 Å². The molecule has 0 saturated carbocycles. The van der Waals surface area contributed by atoms with E-state index in [4.69, 9.17) is 0 Å². The first-order chi connectivity index (χ1) is 10.5. The number of ether oxygens (including phenoxy) is 1.